The fourth-order valence-corrected chi connectivity index (χ4v) is 2.39. The largest absolute Gasteiger partial charge is 0.396 e. The summed E-state index contributed by atoms with van der Waals surface area (Å²) in [5, 5.41) is 8.97. The predicted molar refractivity (Wildman–Crippen MR) is 69.3 cm³/mol. The second-order valence-corrected chi connectivity index (χ2v) is 5.13. The Balaban J connectivity index is 1.94. The highest BCUT2D eigenvalue weighted by molar-refractivity contribution is 5.00. The molecule has 0 aromatic carbocycles. The van der Waals surface area contributed by atoms with Gasteiger partial charge in [0.2, 0.25) is 0 Å². The molecule has 0 spiro atoms. The molecule has 1 saturated heterocycles. The summed E-state index contributed by atoms with van der Waals surface area (Å²) in [5.41, 5.74) is 1.25. The van der Waals surface area contributed by atoms with Crippen molar-refractivity contribution < 1.29 is 9.84 Å². The minimum atomic E-state index is 0.166. The van der Waals surface area contributed by atoms with E-state index >= 15 is 0 Å². The summed E-state index contributed by atoms with van der Waals surface area (Å²) in [6, 6.07) is 0.441. The summed E-state index contributed by atoms with van der Waals surface area (Å²) in [6.45, 7) is 8.03. The van der Waals surface area contributed by atoms with Crippen LogP contribution in [0.15, 0.2) is 12.5 Å². The summed E-state index contributed by atoms with van der Waals surface area (Å²) >= 11 is 0. The lowest BCUT2D eigenvalue weighted by molar-refractivity contribution is -0.0413. The number of nitrogens with zero attached hydrogens (tertiary/aromatic N) is 3. The Morgan fingerprint density at radius 1 is 1.56 bits per heavy atom. The van der Waals surface area contributed by atoms with Gasteiger partial charge in [-0.25, -0.2) is 4.98 Å². The van der Waals surface area contributed by atoms with Crippen LogP contribution in [0.3, 0.4) is 0 Å². The van der Waals surface area contributed by atoms with Crippen LogP contribution in [0.2, 0.25) is 0 Å². The topological polar surface area (TPSA) is 50.5 Å². The first-order valence-electron chi connectivity index (χ1n) is 6.66. The quantitative estimate of drug-likeness (QED) is 0.852. The van der Waals surface area contributed by atoms with Gasteiger partial charge in [-0.15, -0.1) is 0 Å². The van der Waals surface area contributed by atoms with E-state index in [0.717, 1.165) is 32.7 Å². The molecule has 1 aromatic rings. The zero-order chi connectivity index (χ0) is 13.0. The van der Waals surface area contributed by atoms with E-state index in [1.54, 1.807) is 0 Å². The number of ether oxygens (including phenoxy) is 1. The molecule has 1 fully saturated rings. The summed E-state index contributed by atoms with van der Waals surface area (Å²) in [4.78, 5) is 6.60. The molecule has 0 amide bonds. The highest BCUT2D eigenvalue weighted by atomic mass is 16.5. The molecular weight excluding hydrogens is 230 g/mol. The molecule has 1 aromatic heterocycles. The van der Waals surface area contributed by atoms with E-state index in [4.69, 9.17) is 9.84 Å². The van der Waals surface area contributed by atoms with Gasteiger partial charge in [-0.1, -0.05) is 0 Å². The Kier molecular flexibility index (Phi) is 4.74. The first-order chi connectivity index (χ1) is 8.70. The summed E-state index contributed by atoms with van der Waals surface area (Å²) < 4.78 is 7.83. The van der Waals surface area contributed by atoms with E-state index in [1.807, 2.05) is 12.5 Å². The first kappa shape index (κ1) is 13.5. The molecule has 2 rings (SSSR count). The van der Waals surface area contributed by atoms with E-state index in [-0.39, 0.29) is 12.7 Å². The van der Waals surface area contributed by atoms with Gasteiger partial charge in [0.05, 0.1) is 24.7 Å². The molecule has 0 unspecified atom stereocenters. The fourth-order valence-electron chi connectivity index (χ4n) is 2.39. The Morgan fingerprint density at radius 2 is 2.39 bits per heavy atom. The van der Waals surface area contributed by atoms with Crippen LogP contribution in [0.1, 0.15) is 32.0 Å². The van der Waals surface area contributed by atoms with Gasteiger partial charge in [0.25, 0.3) is 0 Å². The van der Waals surface area contributed by atoms with Gasteiger partial charge >= 0.3 is 0 Å². The lowest BCUT2D eigenvalue weighted by atomic mass is 10.2. The molecule has 5 heteroatoms. The van der Waals surface area contributed by atoms with Gasteiger partial charge in [0, 0.05) is 38.5 Å². The van der Waals surface area contributed by atoms with Crippen LogP contribution in [-0.2, 0) is 11.3 Å². The van der Waals surface area contributed by atoms with Crippen LogP contribution in [0.25, 0.3) is 0 Å². The van der Waals surface area contributed by atoms with Gasteiger partial charge in [0.1, 0.15) is 0 Å². The smallest absolute Gasteiger partial charge is 0.0951 e. The summed E-state index contributed by atoms with van der Waals surface area (Å²) in [6.07, 6.45) is 4.72. The van der Waals surface area contributed by atoms with Crippen molar-refractivity contribution in [1.29, 1.82) is 0 Å². The third kappa shape index (κ3) is 3.31. The summed E-state index contributed by atoms with van der Waals surface area (Å²) in [5.74, 6) is 0. The molecule has 0 aliphatic carbocycles. The molecule has 0 saturated carbocycles. The van der Waals surface area contributed by atoms with Crippen molar-refractivity contribution in [1.82, 2.24) is 14.5 Å². The third-order valence-electron chi connectivity index (χ3n) is 3.36. The zero-order valence-corrected chi connectivity index (χ0v) is 11.2. The molecule has 1 atom stereocenters. The van der Waals surface area contributed by atoms with Crippen molar-refractivity contribution in [3.05, 3.63) is 18.2 Å². The minimum absolute atomic E-state index is 0.166. The number of hydrogen-bond donors (Lipinski definition) is 1. The van der Waals surface area contributed by atoms with Crippen LogP contribution >= 0.6 is 0 Å². The van der Waals surface area contributed by atoms with Crippen molar-refractivity contribution >= 4 is 0 Å². The van der Waals surface area contributed by atoms with Crippen LogP contribution < -0.4 is 0 Å². The van der Waals surface area contributed by atoms with Crippen LogP contribution in [0.4, 0.5) is 0 Å². The van der Waals surface area contributed by atoms with Gasteiger partial charge in [-0.05, 0) is 20.3 Å². The zero-order valence-electron chi connectivity index (χ0n) is 11.2. The number of imidazole rings is 1. The second-order valence-electron chi connectivity index (χ2n) is 5.13. The molecule has 0 radical (unpaired) electrons. The van der Waals surface area contributed by atoms with E-state index in [0.29, 0.717) is 6.04 Å². The van der Waals surface area contributed by atoms with Crippen LogP contribution in [-0.4, -0.2) is 52.0 Å². The number of rotatable bonds is 5. The lowest BCUT2D eigenvalue weighted by Gasteiger charge is -2.32. The minimum Gasteiger partial charge on any atom is -0.396 e. The van der Waals surface area contributed by atoms with Gasteiger partial charge in [-0.3, -0.25) is 4.90 Å². The van der Waals surface area contributed by atoms with Gasteiger partial charge in [-0.2, -0.15) is 0 Å². The van der Waals surface area contributed by atoms with Crippen molar-refractivity contribution in [3.8, 4) is 0 Å². The maximum Gasteiger partial charge on any atom is 0.0951 e. The molecule has 18 heavy (non-hydrogen) atoms. The van der Waals surface area contributed by atoms with E-state index in [1.165, 1.54) is 5.69 Å². The number of aromatic nitrogens is 2. The average molecular weight is 253 g/mol. The molecule has 1 aliphatic heterocycles. The highest BCUT2D eigenvalue weighted by Crippen LogP contribution is 2.15. The maximum absolute atomic E-state index is 8.97. The third-order valence-corrected chi connectivity index (χ3v) is 3.36. The van der Waals surface area contributed by atoms with E-state index in [9.17, 15) is 0 Å². The highest BCUT2D eigenvalue weighted by Gasteiger charge is 2.21. The Bertz CT molecular complexity index is 363. The predicted octanol–water partition coefficient (Wildman–Crippen LogP) is 1.05. The van der Waals surface area contributed by atoms with Crippen LogP contribution in [0, 0.1) is 0 Å². The lowest BCUT2D eigenvalue weighted by Crippen LogP contribution is -2.42. The fraction of sp³-hybridized carbons (Fsp3) is 0.769. The molecule has 5 nitrogen and oxygen atoms in total. The molecule has 2 heterocycles. The van der Waals surface area contributed by atoms with Crippen LogP contribution in [0.5, 0.6) is 0 Å². The maximum atomic E-state index is 8.97. The normalized spacial score (nSPS) is 21.7. The molecule has 0 bridgehead atoms. The van der Waals surface area contributed by atoms with Crippen molar-refractivity contribution in [2.75, 3.05) is 26.3 Å². The molecule has 1 aliphatic rings. The number of aliphatic hydroxyl groups excluding tert-OH is 1. The molecule has 1 N–H and O–H groups in total. The van der Waals surface area contributed by atoms with Gasteiger partial charge in [0.15, 0.2) is 0 Å². The first-order valence-corrected chi connectivity index (χ1v) is 6.66. The van der Waals surface area contributed by atoms with Gasteiger partial charge < -0.3 is 14.4 Å². The van der Waals surface area contributed by atoms with Crippen molar-refractivity contribution in [2.45, 2.75) is 39.0 Å². The average Bonchev–Trinajstić information content (AvgIpc) is 2.78. The Morgan fingerprint density at radius 3 is 3.11 bits per heavy atom. The Hall–Kier alpha value is -0.910. The SMILES string of the molecule is CC(C)n1cncc1CN1CCO[C@@H](CCO)C1. The monoisotopic (exact) mass is 253 g/mol. The number of aliphatic hydroxyl groups is 1. The van der Waals surface area contributed by atoms with E-state index < -0.39 is 0 Å². The molecular formula is C13H23N3O2. The van der Waals surface area contributed by atoms with E-state index in [2.05, 4.69) is 28.3 Å². The standard InChI is InChI=1S/C13H23N3O2/c1-11(2)16-10-14-7-12(16)8-15-4-6-18-13(9-15)3-5-17/h7,10-11,13,17H,3-6,8-9H2,1-2H3/t13-/m0/s1. The molecule has 102 valence electrons. The van der Waals surface area contributed by atoms with Crippen molar-refractivity contribution in [2.24, 2.45) is 0 Å². The Labute approximate surface area is 108 Å². The number of morpholine rings is 1. The summed E-state index contributed by atoms with van der Waals surface area (Å²) in [7, 11) is 0. The number of hydrogen-bond acceptors (Lipinski definition) is 4. The second kappa shape index (κ2) is 6.31. The van der Waals surface area contributed by atoms with Crippen molar-refractivity contribution in [3.63, 3.8) is 0 Å².